The van der Waals surface area contributed by atoms with Crippen molar-refractivity contribution in [2.75, 3.05) is 0 Å². The highest BCUT2D eigenvalue weighted by molar-refractivity contribution is 6.09. The number of unbranched alkanes of at least 4 members (excludes halogenated alkanes) is 1. The van der Waals surface area contributed by atoms with Gasteiger partial charge in [0.25, 0.3) is 0 Å². The van der Waals surface area contributed by atoms with Crippen molar-refractivity contribution in [2.45, 2.75) is 26.2 Å². The Morgan fingerprint density at radius 3 is 2.57 bits per heavy atom. The fourth-order valence-corrected chi connectivity index (χ4v) is 2.72. The first-order valence-corrected chi connectivity index (χ1v) is 7.50. The van der Waals surface area contributed by atoms with Crippen molar-refractivity contribution in [1.82, 2.24) is 4.40 Å². The highest BCUT2D eigenvalue weighted by Crippen LogP contribution is 2.22. The minimum Gasteiger partial charge on any atom is -0.313 e. The summed E-state index contributed by atoms with van der Waals surface area (Å²) in [4.78, 5) is 12.9. The van der Waals surface area contributed by atoms with E-state index < -0.39 is 0 Å². The van der Waals surface area contributed by atoms with Gasteiger partial charge in [0, 0.05) is 17.3 Å². The van der Waals surface area contributed by atoms with Crippen LogP contribution in [0.25, 0.3) is 5.52 Å². The molecule has 0 radical (unpaired) electrons. The number of aromatic nitrogens is 1. The van der Waals surface area contributed by atoms with E-state index >= 15 is 0 Å². The molecule has 0 aliphatic carbocycles. The van der Waals surface area contributed by atoms with Crippen molar-refractivity contribution < 1.29 is 4.79 Å². The fraction of sp³-hybridized carbons (Fsp3) is 0.211. The smallest absolute Gasteiger partial charge is 0.210 e. The Kier molecular flexibility index (Phi) is 3.87. The summed E-state index contributed by atoms with van der Waals surface area (Å²) in [6.07, 6.45) is 5.16. The van der Waals surface area contributed by atoms with Crippen LogP contribution in [-0.2, 0) is 6.42 Å². The number of carbonyl (C=O) groups excluding carboxylic acids is 1. The van der Waals surface area contributed by atoms with Gasteiger partial charge in [0.15, 0.2) is 0 Å². The lowest BCUT2D eigenvalue weighted by atomic mass is 10.0. The van der Waals surface area contributed by atoms with Crippen LogP contribution in [0, 0.1) is 0 Å². The number of aryl methyl sites for hydroxylation is 1. The number of benzene rings is 1. The van der Waals surface area contributed by atoms with Crippen molar-refractivity contribution in [3.05, 3.63) is 77.6 Å². The number of carbonyl (C=O) groups is 1. The molecule has 2 heterocycles. The minimum absolute atomic E-state index is 0.105. The van der Waals surface area contributed by atoms with Crippen molar-refractivity contribution in [3.8, 4) is 0 Å². The van der Waals surface area contributed by atoms with Gasteiger partial charge in [0.05, 0.1) is 5.69 Å². The summed E-state index contributed by atoms with van der Waals surface area (Å²) < 4.78 is 2.01. The number of hydrogen-bond acceptors (Lipinski definition) is 1. The van der Waals surface area contributed by atoms with Gasteiger partial charge in [-0.2, -0.15) is 0 Å². The van der Waals surface area contributed by atoms with E-state index in [1.54, 1.807) is 0 Å². The van der Waals surface area contributed by atoms with Gasteiger partial charge in [-0.05, 0) is 36.6 Å². The molecule has 2 nitrogen and oxygen atoms in total. The standard InChI is InChI=1S/C19H19NO/c1-2-3-9-16-14-17-12-7-8-13-20(17)18(16)19(21)15-10-5-4-6-11-15/h4-8,10-14H,2-3,9H2,1H3. The Labute approximate surface area is 125 Å². The minimum atomic E-state index is 0.105. The molecule has 0 N–H and O–H groups in total. The molecule has 0 fully saturated rings. The van der Waals surface area contributed by atoms with Gasteiger partial charge in [0.2, 0.25) is 5.78 Å². The van der Waals surface area contributed by atoms with Gasteiger partial charge in [-0.25, -0.2) is 0 Å². The van der Waals surface area contributed by atoms with Crippen molar-refractivity contribution >= 4 is 11.3 Å². The maximum atomic E-state index is 12.9. The monoisotopic (exact) mass is 277 g/mol. The molecule has 2 aromatic heterocycles. The topological polar surface area (TPSA) is 21.5 Å². The SMILES string of the molecule is CCCCc1cc2ccccn2c1C(=O)c1ccccc1. The summed E-state index contributed by atoms with van der Waals surface area (Å²) in [6, 6.07) is 17.7. The lowest BCUT2D eigenvalue weighted by Crippen LogP contribution is -2.08. The lowest BCUT2D eigenvalue weighted by Gasteiger charge is -2.06. The second-order valence-corrected chi connectivity index (χ2v) is 5.31. The second kappa shape index (κ2) is 5.96. The van der Waals surface area contributed by atoms with Crippen LogP contribution in [0.4, 0.5) is 0 Å². The first-order chi connectivity index (χ1) is 10.3. The molecule has 1 aromatic carbocycles. The third-order valence-corrected chi connectivity index (χ3v) is 3.81. The van der Waals surface area contributed by atoms with E-state index in [0.717, 1.165) is 41.6 Å². The molecule has 0 aliphatic rings. The third-order valence-electron chi connectivity index (χ3n) is 3.81. The average molecular weight is 277 g/mol. The normalized spacial score (nSPS) is 10.9. The zero-order chi connectivity index (χ0) is 14.7. The zero-order valence-electron chi connectivity index (χ0n) is 12.3. The first-order valence-electron chi connectivity index (χ1n) is 7.50. The van der Waals surface area contributed by atoms with Crippen LogP contribution in [0.3, 0.4) is 0 Å². The van der Waals surface area contributed by atoms with Gasteiger partial charge in [-0.15, -0.1) is 0 Å². The Morgan fingerprint density at radius 2 is 1.81 bits per heavy atom. The van der Waals surface area contributed by atoms with Crippen molar-refractivity contribution in [2.24, 2.45) is 0 Å². The zero-order valence-corrected chi connectivity index (χ0v) is 12.3. The Bertz CT molecular complexity index is 756. The number of hydrogen-bond donors (Lipinski definition) is 0. The molecule has 21 heavy (non-hydrogen) atoms. The van der Waals surface area contributed by atoms with E-state index in [1.807, 2.05) is 53.1 Å². The highest BCUT2D eigenvalue weighted by Gasteiger charge is 2.18. The molecule has 2 heteroatoms. The molecule has 3 rings (SSSR count). The van der Waals surface area contributed by atoms with Crippen LogP contribution in [0.15, 0.2) is 60.8 Å². The van der Waals surface area contributed by atoms with Gasteiger partial charge in [-0.3, -0.25) is 4.79 Å². The second-order valence-electron chi connectivity index (χ2n) is 5.31. The molecule has 0 bridgehead atoms. The lowest BCUT2D eigenvalue weighted by molar-refractivity contribution is 0.103. The summed E-state index contributed by atoms with van der Waals surface area (Å²) in [5.74, 6) is 0.105. The maximum absolute atomic E-state index is 12.9. The Hall–Kier alpha value is -2.35. The van der Waals surface area contributed by atoms with Gasteiger partial charge in [-0.1, -0.05) is 49.7 Å². The number of rotatable bonds is 5. The molecular formula is C19H19NO. The van der Waals surface area contributed by atoms with Crippen LogP contribution >= 0.6 is 0 Å². The van der Waals surface area contributed by atoms with Gasteiger partial charge >= 0.3 is 0 Å². The number of pyridine rings is 1. The van der Waals surface area contributed by atoms with Crippen molar-refractivity contribution in [1.29, 1.82) is 0 Å². The van der Waals surface area contributed by atoms with Crippen LogP contribution in [0.5, 0.6) is 0 Å². The molecule has 0 saturated carbocycles. The molecule has 0 spiro atoms. The van der Waals surface area contributed by atoms with Crippen LogP contribution in [-0.4, -0.2) is 10.2 Å². The average Bonchev–Trinajstić information content (AvgIpc) is 2.91. The van der Waals surface area contributed by atoms with Gasteiger partial charge in [0.1, 0.15) is 0 Å². The Morgan fingerprint density at radius 1 is 1.05 bits per heavy atom. The fourth-order valence-electron chi connectivity index (χ4n) is 2.72. The van der Waals surface area contributed by atoms with E-state index in [4.69, 9.17) is 0 Å². The van der Waals surface area contributed by atoms with Gasteiger partial charge < -0.3 is 4.40 Å². The highest BCUT2D eigenvalue weighted by atomic mass is 16.1. The van der Waals surface area contributed by atoms with E-state index in [-0.39, 0.29) is 5.78 Å². The van der Waals surface area contributed by atoms with Crippen LogP contribution in [0.1, 0.15) is 41.4 Å². The first kappa shape index (κ1) is 13.6. The van der Waals surface area contributed by atoms with Crippen LogP contribution in [0.2, 0.25) is 0 Å². The summed E-state index contributed by atoms with van der Waals surface area (Å²) in [7, 11) is 0. The molecule has 0 aliphatic heterocycles. The number of fused-ring (bicyclic) bond motifs is 1. The third kappa shape index (κ3) is 2.62. The van der Waals surface area contributed by atoms with E-state index in [1.165, 1.54) is 0 Å². The Balaban J connectivity index is 2.12. The van der Waals surface area contributed by atoms with E-state index in [0.29, 0.717) is 0 Å². The molecule has 106 valence electrons. The van der Waals surface area contributed by atoms with Crippen molar-refractivity contribution in [3.63, 3.8) is 0 Å². The summed E-state index contributed by atoms with van der Waals surface area (Å²) >= 11 is 0. The predicted octanol–water partition coefficient (Wildman–Crippen LogP) is 4.51. The molecule has 0 atom stereocenters. The van der Waals surface area contributed by atoms with E-state index in [9.17, 15) is 4.79 Å². The molecular weight excluding hydrogens is 258 g/mol. The summed E-state index contributed by atoms with van der Waals surface area (Å²) in [6.45, 7) is 2.18. The number of nitrogens with zero attached hydrogens (tertiary/aromatic N) is 1. The number of ketones is 1. The molecule has 0 saturated heterocycles. The summed E-state index contributed by atoms with van der Waals surface area (Å²) in [5.41, 5.74) is 3.80. The van der Waals surface area contributed by atoms with E-state index in [2.05, 4.69) is 19.1 Å². The largest absolute Gasteiger partial charge is 0.313 e. The predicted molar refractivity (Wildman–Crippen MR) is 85.9 cm³/mol. The molecule has 0 unspecified atom stereocenters. The molecule has 0 amide bonds. The molecule has 3 aromatic rings. The summed E-state index contributed by atoms with van der Waals surface area (Å²) in [5, 5.41) is 0. The maximum Gasteiger partial charge on any atom is 0.210 e. The quantitative estimate of drug-likeness (QED) is 0.629. The van der Waals surface area contributed by atoms with Crippen LogP contribution < -0.4 is 0 Å².